The minimum atomic E-state index is -1.01. The van der Waals surface area contributed by atoms with E-state index in [-0.39, 0.29) is 12.6 Å². The van der Waals surface area contributed by atoms with Crippen LogP contribution in [0.4, 0.5) is 0 Å². The van der Waals surface area contributed by atoms with Crippen molar-refractivity contribution in [2.45, 2.75) is 38.1 Å². The van der Waals surface area contributed by atoms with Crippen molar-refractivity contribution in [3.8, 4) is 5.75 Å². The highest BCUT2D eigenvalue weighted by atomic mass is 35.5. The number of nitro groups is 1. The first kappa shape index (κ1) is 17.5. The first-order valence-corrected chi connectivity index (χ1v) is 7.60. The topological polar surface area (TPSA) is 106 Å². The summed E-state index contributed by atoms with van der Waals surface area (Å²) in [5.74, 6) is 0.198. The Balaban J connectivity index is 1.84. The lowest BCUT2D eigenvalue weighted by Gasteiger charge is -2.18. The highest BCUT2D eigenvalue weighted by Gasteiger charge is 2.46. The van der Waals surface area contributed by atoms with Gasteiger partial charge in [0.2, 0.25) is 5.91 Å². The molecule has 2 rings (SSSR count). The summed E-state index contributed by atoms with van der Waals surface area (Å²) in [5, 5.41) is 14.3. The first-order chi connectivity index (χ1) is 10.9. The van der Waals surface area contributed by atoms with E-state index >= 15 is 0 Å². The average Bonchev–Trinajstić information content (AvgIpc) is 2.89. The number of hydrogen-bond donors (Lipinski definition) is 3. The van der Waals surface area contributed by atoms with Gasteiger partial charge in [-0.25, -0.2) is 10.9 Å². The molecule has 0 aliphatic carbocycles. The summed E-state index contributed by atoms with van der Waals surface area (Å²) >= 11 is 5.79. The Labute approximate surface area is 138 Å². The lowest BCUT2D eigenvalue weighted by atomic mass is 10.0. The van der Waals surface area contributed by atoms with Gasteiger partial charge in [-0.05, 0) is 38.1 Å². The third-order valence-electron chi connectivity index (χ3n) is 3.56. The predicted molar refractivity (Wildman–Crippen MR) is 84.9 cm³/mol. The van der Waals surface area contributed by atoms with Gasteiger partial charge in [0.25, 0.3) is 6.04 Å². The predicted octanol–water partition coefficient (Wildman–Crippen LogP) is 0.734. The van der Waals surface area contributed by atoms with E-state index in [0.717, 1.165) is 0 Å². The van der Waals surface area contributed by atoms with Crippen LogP contribution in [0.25, 0.3) is 0 Å². The molecule has 4 unspecified atom stereocenters. The zero-order valence-corrected chi connectivity index (χ0v) is 13.5. The number of amides is 1. The van der Waals surface area contributed by atoms with Gasteiger partial charge in [0.1, 0.15) is 11.9 Å². The Bertz CT molecular complexity index is 568. The molecular weight excluding hydrogens is 324 g/mol. The Morgan fingerprint density at radius 3 is 2.70 bits per heavy atom. The van der Waals surface area contributed by atoms with Crippen LogP contribution in [0.15, 0.2) is 24.3 Å². The smallest absolute Gasteiger partial charge is 0.254 e. The van der Waals surface area contributed by atoms with Gasteiger partial charge in [-0.3, -0.25) is 14.9 Å². The third-order valence-corrected chi connectivity index (χ3v) is 3.81. The maximum absolute atomic E-state index is 12.1. The van der Waals surface area contributed by atoms with E-state index in [2.05, 4.69) is 16.2 Å². The number of nitrogens with zero attached hydrogens (tertiary/aromatic N) is 1. The molecule has 1 fully saturated rings. The van der Waals surface area contributed by atoms with Crippen LogP contribution in [-0.2, 0) is 4.79 Å². The van der Waals surface area contributed by atoms with Crippen molar-refractivity contribution in [1.82, 2.24) is 16.2 Å². The van der Waals surface area contributed by atoms with Crippen molar-refractivity contribution >= 4 is 17.5 Å². The molecule has 1 amide bonds. The summed E-state index contributed by atoms with van der Waals surface area (Å²) in [6.45, 7) is 3.68. The van der Waals surface area contributed by atoms with Crippen LogP contribution in [0.2, 0.25) is 5.02 Å². The van der Waals surface area contributed by atoms with Crippen LogP contribution in [-0.4, -0.2) is 41.6 Å². The fourth-order valence-electron chi connectivity index (χ4n) is 2.35. The minimum absolute atomic E-state index is 0.235. The maximum Gasteiger partial charge on any atom is 0.254 e. The van der Waals surface area contributed by atoms with Gasteiger partial charge in [-0.15, -0.1) is 0 Å². The molecule has 9 heteroatoms. The summed E-state index contributed by atoms with van der Waals surface area (Å²) in [6, 6.07) is 4.52. The molecule has 23 heavy (non-hydrogen) atoms. The molecule has 1 aromatic carbocycles. The maximum atomic E-state index is 12.1. The second kappa shape index (κ2) is 7.58. The van der Waals surface area contributed by atoms with Gasteiger partial charge in [0, 0.05) is 9.95 Å². The fourth-order valence-corrected chi connectivity index (χ4v) is 2.47. The first-order valence-electron chi connectivity index (χ1n) is 7.23. The molecule has 3 N–H and O–H groups in total. The normalized spacial score (nSPS) is 24.9. The molecule has 0 spiro atoms. The third kappa shape index (κ3) is 4.54. The number of hydrogen-bond acceptors (Lipinski definition) is 6. The molecule has 4 atom stereocenters. The molecule has 0 bridgehead atoms. The van der Waals surface area contributed by atoms with E-state index in [1.807, 2.05) is 0 Å². The minimum Gasteiger partial charge on any atom is -0.489 e. The highest BCUT2D eigenvalue weighted by molar-refractivity contribution is 6.30. The van der Waals surface area contributed by atoms with E-state index in [4.69, 9.17) is 16.3 Å². The number of carbonyl (C=O) groups is 1. The van der Waals surface area contributed by atoms with Gasteiger partial charge >= 0.3 is 0 Å². The zero-order chi connectivity index (χ0) is 17.0. The summed E-state index contributed by atoms with van der Waals surface area (Å²) in [7, 11) is 0. The Kier molecular flexibility index (Phi) is 5.75. The molecule has 0 saturated carbocycles. The summed E-state index contributed by atoms with van der Waals surface area (Å²) in [4.78, 5) is 22.7. The number of carbonyl (C=O) groups excluding carboxylic acids is 1. The molecule has 126 valence electrons. The van der Waals surface area contributed by atoms with Crippen LogP contribution in [0.3, 0.4) is 0 Å². The van der Waals surface area contributed by atoms with Crippen LogP contribution in [0.1, 0.15) is 13.8 Å². The van der Waals surface area contributed by atoms with Gasteiger partial charge in [0.15, 0.2) is 6.04 Å². The van der Waals surface area contributed by atoms with E-state index in [1.54, 1.807) is 38.1 Å². The molecule has 1 aromatic rings. The van der Waals surface area contributed by atoms with Crippen LogP contribution >= 0.6 is 11.6 Å². The number of ether oxygens (including phenoxy) is 1. The van der Waals surface area contributed by atoms with E-state index in [1.165, 1.54) is 0 Å². The standard InChI is InChI=1S/C14H19ClN4O4/c1-8(23-11-5-3-10(15)4-6-11)7-16-14(20)12-13(19(21)22)9(2)17-18-12/h3-6,8-9,12-13,17-18H,7H2,1-2H3,(H,16,20). The average molecular weight is 343 g/mol. The Hall–Kier alpha value is -1.90. The van der Waals surface area contributed by atoms with Crippen molar-refractivity contribution in [2.75, 3.05) is 6.54 Å². The monoisotopic (exact) mass is 342 g/mol. The molecular formula is C14H19ClN4O4. The van der Waals surface area contributed by atoms with E-state index < -0.39 is 29.0 Å². The Morgan fingerprint density at radius 1 is 1.43 bits per heavy atom. The molecule has 1 heterocycles. The lowest BCUT2D eigenvalue weighted by Crippen LogP contribution is -2.51. The largest absolute Gasteiger partial charge is 0.489 e. The van der Waals surface area contributed by atoms with Crippen LogP contribution in [0, 0.1) is 10.1 Å². The molecule has 0 radical (unpaired) electrons. The summed E-state index contributed by atoms with van der Waals surface area (Å²) in [6.07, 6.45) is -0.291. The number of nitrogens with one attached hydrogen (secondary N) is 3. The SMILES string of the molecule is CC(CNC(=O)C1NNC(C)C1[N+](=O)[O-])Oc1ccc(Cl)cc1. The number of hydrazine groups is 1. The quantitative estimate of drug-likeness (QED) is 0.520. The van der Waals surface area contributed by atoms with Crippen LogP contribution < -0.4 is 20.9 Å². The second-order valence-electron chi connectivity index (χ2n) is 5.46. The van der Waals surface area contributed by atoms with Gasteiger partial charge in [0.05, 0.1) is 12.6 Å². The molecule has 1 aliphatic rings. The number of benzene rings is 1. The van der Waals surface area contributed by atoms with Crippen molar-refractivity contribution < 1.29 is 14.5 Å². The van der Waals surface area contributed by atoms with Crippen LogP contribution in [0.5, 0.6) is 5.75 Å². The summed E-state index contributed by atoms with van der Waals surface area (Å²) in [5.41, 5.74) is 5.38. The summed E-state index contributed by atoms with van der Waals surface area (Å²) < 4.78 is 5.63. The number of rotatable bonds is 6. The highest BCUT2D eigenvalue weighted by Crippen LogP contribution is 2.16. The molecule has 0 aromatic heterocycles. The molecule has 8 nitrogen and oxygen atoms in total. The van der Waals surface area contributed by atoms with Crippen molar-refractivity contribution in [3.63, 3.8) is 0 Å². The Morgan fingerprint density at radius 2 is 2.09 bits per heavy atom. The lowest BCUT2D eigenvalue weighted by molar-refractivity contribution is -0.523. The number of halogens is 1. The van der Waals surface area contributed by atoms with E-state index in [9.17, 15) is 14.9 Å². The molecule has 1 saturated heterocycles. The van der Waals surface area contributed by atoms with Crippen molar-refractivity contribution in [1.29, 1.82) is 0 Å². The zero-order valence-electron chi connectivity index (χ0n) is 12.8. The van der Waals surface area contributed by atoms with Gasteiger partial charge in [-0.1, -0.05) is 11.6 Å². The second-order valence-corrected chi connectivity index (χ2v) is 5.89. The van der Waals surface area contributed by atoms with E-state index in [0.29, 0.717) is 10.8 Å². The van der Waals surface area contributed by atoms with Gasteiger partial charge < -0.3 is 10.1 Å². The van der Waals surface area contributed by atoms with Crippen molar-refractivity contribution in [3.05, 3.63) is 39.4 Å². The van der Waals surface area contributed by atoms with Crippen molar-refractivity contribution in [2.24, 2.45) is 0 Å². The molecule has 1 aliphatic heterocycles. The van der Waals surface area contributed by atoms with Gasteiger partial charge in [-0.2, -0.15) is 0 Å². The fraction of sp³-hybridized carbons (Fsp3) is 0.500.